The van der Waals surface area contributed by atoms with Crippen LogP contribution in [0.25, 0.3) is 11.1 Å². The van der Waals surface area contributed by atoms with Crippen molar-refractivity contribution in [2.75, 3.05) is 11.9 Å². The Balaban J connectivity index is 1.82. The van der Waals surface area contributed by atoms with Crippen LogP contribution in [0.1, 0.15) is 23.6 Å². The predicted molar refractivity (Wildman–Crippen MR) is 127 cm³/mol. The van der Waals surface area contributed by atoms with Gasteiger partial charge in [0.1, 0.15) is 6.04 Å². The third-order valence-corrected chi connectivity index (χ3v) is 5.07. The van der Waals surface area contributed by atoms with Crippen molar-refractivity contribution in [3.63, 3.8) is 0 Å². The Morgan fingerprint density at radius 2 is 1.76 bits per heavy atom. The molecule has 3 rings (SSSR count). The molecule has 1 atom stereocenters. The van der Waals surface area contributed by atoms with Gasteiger partial charge in [-0.25, -0.2) is 4.79 Å². The lowest BCUT2D eigenvalue weighted by molar-refractivity contribution is -0.121. The molecule has 0 saturated carbocycles. The molecule has 33 heavy (non-hydrogen) atoms. The van der Waals surface area contributed by atoms with E-state index in [1.807, 2.05) is 66.7 Å². The molecule has 0 unspecified atom stereocenters. The highest BCUT2D eigenvalue weighted by Gasteiger charge is 2.22. The summed E-state index contributed by atoms with van der Waals surface area (Å²) in [6.07, 6.45) is -0.438. The second-order valence-corrected chi connectivity index (χ2v) is 7.37. The fourth-order valence-electron chi connectivity index (χ4n) is 3.46. The van der Waals surface area contributed by atoms with Crippen molar-refractivity contribution in [1.29, 1.82) is 5.26 Å². The lowest BCUT2D eigenvalue weighted by Crippen LogP contribution is -2.44. The summed E-state index contributed by atoms with van der Waals surface area (Å²) in [4.78, 5) is 24.6. The van der Waals surface area contributed by atoms with E-state index in [-0.39, 0.29) is 6.61 Å². The van der Waals surface area contributed by atoms with Gasteiger partial charge in [-0.2, -0.15) is 5.26 Å². The Kier molecular flexibility index (Phi) is 8.17. The maximum atomic E-state index is 12.8. The number of rotatable bonds is 8. The van der Waals surface area contributed by atoms with Crippen molar-refractivity contribution in [1.82, 2.24) is 5.32 Å². The number of nitriles is 1. The third-order valence-electron chi connectivity index (χ3n) is 5.07. The lowest BCUT2D eigenvalue weighted by Gasteiger charge is -2.20. The number of carbonyl (C=O) groups excluding carboxylic acids is 2. The zero-order chi connectivity index (χ0) is 23.6. The van der Waals surface area contributed by atoms with Gasteiger partial charge in [0.25, 0.3) is 5.91 Å². The SMILES string of the molecule is CCOC(=O)NC(=O)[C@H](Cc1cccc(CN)c1)Nc1ccc(-c2ccccc2C#N)cc1. The molecule has 3 aromatic rings. The lowest BCUT2D eigenvalue weighted by atomic mass is 9.99. The summed E-state index contributed by atoms with van der Waals surface area (Å²) in [5, 5.41) is 14.8. The number of carbonyl (C=O) groups is 2. The Labute approximate surface area is 193 Å². The second kappa shape index (κ2) is 11.5. The van der Waals surface area contributed by atoms with E-state index in [0.29, 0.717) is 24.2 Å². The summed E-state index contributed by atoms with van der Waals surface area (Å²) in [7, 11) is 0. The fraction of sp³-hybridized carbons (Fsp3) is 0.192. The number of imide groups is 1. The predicted octanol–water partition coefficient (Wildman–Crippen LogP) is 3.98. The largest absolute Gasteiger partial charge is 0.450 e. The Morgan fingerprint density at radius 1 is 1.03 bits per heavy atom. The first-order valence-corrected chi connectivity index (χ1v) is 10.7. The van der Waals surface area contributed by atoms with E-state index < -0.39 is 18.0 Å². The van der Waals surface area contributed by atoms with E-state index in [4.69, 9.17) is 10.5 Å². The molecule has 2 amide bonds. The van der Waals surface area contributed by atoms with Crippen LogP contribution in [0, 0.1) is 11.3 Å². The molecule has 0 heterocycles. The van der Waals surface area contributed by atoms with Crippen LogP contribution >= 0.6 is 0 Å². The molecule has 0 aromatic heterocycles. The number of hydrogen-bond acceptors (Lipinski definition) is 6. The summed E-state index contributed by atoms with van der Waals surface area (Å²) >= 11 is 0. The van der Waals surface area contributed by atoms with Gasteiger partial charge in [0.2, 0.25) is 0 Å². The van der Waals surface area contributed by atoms with E-state index in [0.717, 1.165) is 22.3 Å². The number of alkyl carbamates (subject to hydrolysis) is 1. The maximum absolute atomic E-state index is 12.8. The summed E-state index contributed by atoms with van der Waals surface area (Å²) in [5.41, 5.74) is 10.6. The highest BCUT2D eigenvalue weighted by atomic mass is 16.5. The van der Waals surface area contributed by atoms with Crippen LogP contribution in [0.3, 0.4) is 0 Å². The van der Waals surface area contributed by atoms with Crippen molar-refractivity contribution < 1.29 is 14.3 Å². The summed E-state index contributed by atoms with van der Waals surface area (Å²) < 4.78 is 4.84. The molecule has 0 bridgehead atoms. The molecule has 0 aliphatic rings. The van der Waals surface area contributed by atoms with E-state index in [9.17, 15) is 14.9 Å². The molecule has 0 aliphatic carbocycles. The normalized spacial score (nSPS) is 11.2. The Morgan fingerprint density at radius 3 is 2.45 bits per heavy atom. The number of benzene rings is 3. The summed E-state index contributed by atoms with van der Waals surface area (Å²) in [6, 6.07) is 23.9. The van der Waals surface area contributed by atoms with Crippen molar-refractivity contribution in [2.24, 2.45) is 5.73 Å². The van der Waals surface area contributed by atoms with Gasteiger partial charge in [-0.05, 0) is 47.4 Å². The van der Waals surface area contributed by atoms with Gasteiger partial charge in [0, 0.05) is 18.7 Å². The van der Waals surface area contributed by atoms with Crippen LogP contribution in [0.15, 0.2) is 72.8 Å². The van der Waals surface area contributed by atoms with Gasteiger partial charge in [-0.1, -0.05) is 54.6 Å². The monoisotopic (exact) mass is 442 g/mol. The minimum Gasteiger partial charge on any atom is -0.450 e. The number of anilines is 1. The van der Waals surface area contributed by atoms with Gasteiger partial charge in [-0.15, -0.1) is 0 Å². The fourth-order valence-corrected chi connectivity index (χ4v) is 3.46. The number of nitrogens with two attached hydrogens (primary N) is 1. The molecule has 0 radical (unpaired) electrons. The number of hydrogen-bond donors (Lipinski definition) is 3. The average molecular weight is 443 g/mol. The van der Waals surface area contributed by atoms with Crippen LogP contribution in [0.5, 0.6) is 0 Å². The van der Waals surface area contributed by atoms with Crippen molar-refractivity contribution in [2.45, 2.75) is 25.9 Å². The molecule has 7 heteroatoms. The van der Waals surface area contributed by atoms with E-state index >= 15 is 0 Å². The molecule has 7 nitrogen and oxygen atoms in total. The summed E-state index contributed by atoms with van der Waals surface area (Å²) in [5.74, 6) is -0.495. The van der Waals surface area contributed by atoms with Crippen LogP contribution in [0.2, 0.25) is 0 Å². The standard InChI is InChI=1S/C26H26N4O3/c1-2-33-26(32)30-25(31)24(15-18-6-5-7-19(14-18)16-27)29-22-12-10-20(11-13-22)23-9-4-3-8-21(23)17-28/h3-14,24,29H,2,15-16,27H2,1H3,(H,30,31,32)/t24-/m0/s1. The number of nitrogens with one attached hydrogen (secondary N) is 2. The van der Waals surface area contributed by atoms with Gasteiger partial charge >= 0.3 is 6.09 Å². The van der Waals surface area contributed by atoms with Gasteiger partial charge in [0.05, 0.1) is 18.2 Å². The molecule has 4 N–H and O–H groups in total. The number of ether oxygens (including phenoxy) is 1. The third kappa shape index (κ3) is 6.42. The maximum Gasteiger partial charge on any atom is 0.413 e. The number of amides is 2. The Bertz CT molecular complexity index is 1150. The van der Waals surface area contributed by atoms with Crippen LogP contribution in [-0.2, 0) is 22.5 Å². The number of nitrogens with zero attached hydrogens (tertiary/aromatic N) is 1. The molecule has 0 aliphatic heterocycles. The summed E-state index contributed by atoms with van der Waals surface area (Å²) in [6.45, 7) is 2.23. The van der Waals surface area contributed by atoms with E-state index in [2.05, 4.69) is 16.7 Å². The minimum atomic E-state index is -0.784. The molecule has 168 valence electrons. The molecular formula is C26H26N4O3. The van der Waals surface area contributed by atoms with E-state index in [1.165, 1.54) is 0 Å². The second-order valence-electron chi connectivity index (χ2n) is 7.37. The molecule has 0 saturated heterocycles. The highest BCUT2D eigenvalue weighted by Crippen LogP contribution is 2.25. The van der Waals surface area contributed by atoms with Gasteiger partial charge in [-0.3, -0.25) is 10.1 Å². The topological polar surface area (TPSA) is 117 Å². The molecule has 3 aromatic carbocycles. The van der Waals surface area contributed by atoms with Gasteiger partial charge < -0.3 is 15.8 Å². The minimum absolute atomic E-state index is 0.168. The van der Waals surface area contributed by atoms with E-state index in [1.54, 1.807) is 13.0 Å². The van der Waals surface area contributed by atoms with Crippen molar-refractivity contribution >= 4 is 17.7 Å². The first kappa shape index (κ1) is 23.5. The first-order chi connectivity index (χ1) is 16.0. The molecule has 0 spiro atoms. The smallest absolute Gasteiger partial charge is 0.413 e. The zero-order valence-corrected chi connectivity index (χ0v) is 18.4. The molecular weight excluding hydrogens is 416 g/mol. The molecule has 0 fully saturated rings. The average Bonchev–Trinajstić information content (AvgIpc) is 2.84. The van der Waals surface area contributed by atoms with Crippen LogP contribution < -0.4 is 16.4 Å². The van der Waals surface area contributed by atoms with Crippen molar-refractivity contribution in [3.05, 3.63) is 89.5 Å². The van der Waals surface area contributed by atoms with Gasteiger partial charge in [0.15, 0.2) is 0 Å². The van der Waals surface area contributed by atoms with Crippen LogP contribution in [0.4, 0.5) is 10.5 Å². The highest BCUT2D eigenvalue weighted by molar-refractivity contribution is 5.96. The first-order valence-electron chi connectivity index (χ1n) is 10.7. The van der Waals surface area contributed by atoms with Crippen LogP contribution in [-0.4, -0.2) is 24.6 Å². The Hall–Kier alpha value is -4.15. The quantitative estimate of drug-likeness (QED) is 0.486. The van der Waals surface area contributed by atoms with Crippen molar-refractivity contribution in [3.8, 4) is 17.2 Å². The zero-order valence-electron chi connectivity index (χ0n) is 18.4.